The second-order valence-electron chi connectivity index (χ2n) is 18.3. The van der Waals surface area contributed by atoms with Gasteiger partial charge in [0.2, 0.25) is 68.7 Å². The van der Waals surface area contributed by atoms with Crippen molar-refractivity contribution in [1.29, 1.82) is 0 Å². The smallest absolute Gasteiger partial charge is 0.411 e. The van der Waals surface area contributed by atoms with Crippen LogP contribution in [0.3, 0.4) is 0 Å². The van der Waals surface area contributed by atoms with Crippen LogP contribution in [0.25, 0.3) is 23.3 Å². The Morgan fingerprint density at radius 1 is 0.242 bits per heavy atom. The summed E-state index contributed by atoms with van der Waals surface area (Å²) in [4.78, 5) is 0. The van der Waals surface area contributed by atoms with Gasteiger partial charge in [0.05, 0.1) is 22.3 Å². The van der Waals surface area contributed by atoms with E-state index >= 15 is 35.1 Å². The molecular formula is C58H23F29O4. The van der Waals surface area contributed by atoms with E-state index in [-0.39, 0.29) is 102 Å². The van der Waals surface area contributed by atoms with Gasteiger partial charge in [-0.3, -0.25) is 4.70 Å². The highest BCUT2D eigenvalue weighted by Crippen LogP contribution is 2.59. The van der Waals surface area contributed by atoms with Crippen LogP contribution in [-0.4, -0.2) is 24.7 Å². The first-order chi connectivity index (χ1) is 41.8. The van der Waals surface area contributed by atoms with E-state index in [9.17, 15) is 87.8 Å². The van der Waals surface area contributed by atoms with Crippen LogP contribution < -0.4 is 18.9 Å². The van der Waals surface area contributed by atoms with E-state index in [4.69, 9.17) is 9.47 Å². The van der Waals surface area contributed by atoms with Crippen molar-refractivity contribution in [2.75, 3.05) is 0 Å². The van der Waals surface area contributed by atoms with Crippen molar-refractivity contribution in [3.8, 4) is 57.1 Å². The third-order valence-electron chi connectivity index (χ3n) is 13.3. The third kappa shape index (κ3) is 11.2. The van der Waals surface area contributed by atoms with E-state index in [2.05, 4.69) is 22.6 Å². The van der Waals surface area contributed by atoms with Crippen molar-refractivity contribution in [2.24, 2.45) is 0 Å². The van der Waals surface area contributed by atoms with Gasteiger partial charge in [-0.05, 0) is 70.8 Å². The highest BCUT2D eigenvalue weighted by Gasteiger charge is 2.74. The predicted molar refractivity (Wildman–Crippen MR) is 259 cm³/mol. The minimum atomic E-state index is -6.44. The summed E-state index contributed by atoms with van der Waals surface area (Å²) in [6, 6.07) is 1.37. The maximum atomic E-state index is 15.7. The van der Waals surface area contributed by atoms with E-state index in [1.807, 2.05) is 0 Å². The quantitative estimate of drug-likeness (QED) is 0.0582. The monoisotopic (exact) mass is 1330 g/mol. The van der Waals surface area contributed by atoms with Crippen molar-refractivity contribution in [3.63, 3.8) is 0 Å². The van der Waals surface area contributed by atoms with Gasteiger partial charge in [0, 0.05) is 0 Å². The number of rotatable bonds is 15. The van der Waals surface area contributed by atoms with Gasteiger partial charge >= 0.3 is 24.7 Å². The Hall–Kier alpha value is -9.59. The van der Waals surface area contributed by atoms with Crippen LogP contribution in [0.1, 0.15) is 33.4 Å². The summed E-state index contributed by atoms with van der Waals surface area (Å²) in [6.07, 6.45) is -25.0. The highest BCUT2D eigenvalue weighted by atomic mass is 19.4. The molecule has 91 heavy (non-hydrogen) atoms. The zero-order valence-corrected chi connectivity index (χ0v) is 43.4. The van der Waals surface area contributed by atoms with Gasteiger partial charge in [-0.25, -0.2) is 43.9 Å². The van der Waals surface area contributed by atoms with Gasteiger partial charge in [0.25, 0.3) is 0 Å². The Kier molecular flexibility index (Phi) is 18.4. The van der Waals surface area contributed by atoms with Crippen LogP contribution in [0.4, 0.5) is 128 Å². The topological polar surface area (TPSA) is 36.9 Å². The van der Waals surface area contributed by atoms with Gasteiger partial charge in [0.15, 0.2) is 58.2 Å². The minimum Gasteiger partial charge on any atom is -0.451 e. The Labute approximate surface area is 487 Å². The second-order valence-corrected chi connectivity index (χ2v) is 18.3. The maximum absolute atomic E-state index is 15.7. The Bertz CT molecular complexity index is 3800. The molecule has 0 saturated heterocycles. The first-order valence-corrected chi connectivity index (χ1v) is 23.9. The van der Waals surface area contributed by atoms with E-state index < -0.39 is 219 Å². The minimum absolute atomic E-state index is 0. The first kappa shape index (κ1) is 68.9. The van der Waals surface area contributed by atoms with Gasteiger partial charge < -0.3 is 18.9 Å². The van der Waals surface area contributed by atoms with Crippen molar-refractivity contribution < 1.29 is 147 Å². The lowest BCUT2D eigenvalue weighted by Crippen LogP contribution is -2.54. The molecule has 8 rings (SSSR count). The third-order valence-corrected chi connectivity index (χ3v) is 13.3. The standard InChI is InChI=1S/C58H22F28O4.FH/c1-3-29-33(59)41(67)47(73)49(35(29)61)87-25-13-5-21(6-14-25)53(55(75,76)77,56(78,79)80)23-9-17-27(18-10-23)89-51-43(69)37(63)31(38(64)44(51)70)32-39(65)45(71)52(46(72)40(32)66)90-28-19-11-24(12-20-28)54(57(81,82)83,58(84,85)86)22-7-15-26(16-8-22)88-50-36(62)30(4-2)34(60)42(68)48(50)74;/h3-20H,1-2H2;1H. The van der Waals surface area contributed by atoms with Crippen LogP contribution in [0, 0.1) is 93.1 Å². The maximum Gasteiger partial charge on any atom is 0.411 e. The molecule has 0 aliphatic heterocycles. The summed E-state index contributed by atoms with van der Waals surface area (Å²) in [5.41, 5.74) is -25.3. The molecule has 0 aromatic heterocycles. The summed E-state index contributed by atoms with van der Waals surface area (Å²) in [5.74, 6) is -53.5. The number of benzene rings is 8. The highest BCUT2D eigenvalue weighted by molar-refractivity contribution is 5.70. The number of hydrogen-bond donors (Lipinski definition) is 0. The summed E-state index contributed by atoms with van der Waals surface area (Å²) in [5, 5.41) is 0. The van der Waals surface area contributed by atoms with Crippen LogP contribution in [0.15, 0.2) is 110 Å². The molecule has 8 aromatic rings. The molecule has 0 atom stereocenters. The molecule has 0 spiro atoms. The lowest BCUT2D eigenvalue weighted by Gasteiger charge is -2.38. The molecule has 4 nitrogen and oxygen atoms in total. The van der Waals surface area contributed by atoms with E-state index in [1.54, 1.807) is 0 Å². The summed E-state index contributed by atoms with van der Waals surface area (Å²) >= 11 is 0. The Balaban J connectivity index is 0.0000118. The fourth-order valence-corrected chi connectivity index (χ4v) is 9.16. The van der Waals surface area contributed by atoms with E-state index in [0.717, 1.165) is 0 Å². The molecular weight excluding hydrogens is 1310 g/mol. The normalized spacial score (nSPS) is 12.4. The zero-order chi connectivity index (χ0) is 67.0. The van der Waals surface area contributed by atoms with Crippen molar-refractivity contribution in [1.82, 2.24) is 0 Å². The summed E-state index contributed by atoms with van der Waals surface area (Å²) in [7, 11) is 0. The number of halogens is 29. The molecule has 0 N–H and O–H groups in total. The predicted octanol–water partition coefficient (Wildman–Crippen LogP) is 21.0. The Morgan fingerprint density at radius 2 is 0.418 bits per heavy atom. The van der Waals surface area contributed by atoms with Gasteiger partial charge in [0.1, 0.15) is 23.0 Å². The average Bonchev–Trinajstić information content (AvgIpc) is 0.790. The van der Waals surface area contributed by atoms with Crippen LogP contribution >= 0.6 is 0 Å². The van der Waals surface area contributed by atoms with Crippen LogP contribution in [-0.2, 0) is 10.8 Å². The first-order valence-electron chi connectivity index (χ1n) is 23.9. The Morgan fingerprint density at radius 3 is 0.593 bits per heavy atom. The van der Waals surface area contributed by atoms with Crippen LogP contribution in [0.2, 0.25) is 0 Å². The number of alkyl halides is 12. The molecule has 0 aliphatic carbocycles. The molecule has 0 fully saturated rings. The molecule has 482 valence electrons. The van der Waals surface area contributed by atoms with Gasteiger partial charge in [-0.15, -0.1) is 0 Å². The zero-order valence-electron chi connectivity index (χ0n) is 43.4. The van der Waals surface area contributed by atoms with E-state index in [0.29, 0.717) is 12.2 Å². The molecule has 33 heteroatoms. The molecule has 0 radical (unpaired) electrons. The molecule has 0 unspecified atom stereocenters. The molecule has 0 bridgehead atoms. The fraction of sp³-hybridized carbons (Fsp3) is 0.103. The molecule has 0 saturated carbocycles. The second kappa shape index (κ2) is 24.3. The SMILES string of the molecule is C=Cc1c(F)c(F)c(F)c(Oc2ccc(C(c3ccc(Oc4c(F)c(F)c(-c5c(F)c(F)c(Oc6ccc(C(c7ccc(Oc8c(F)c(F)c(F)c(C=C)c8F)cc7)(C(F)(F)F)C(F)(F)F)cc6)c(F)c5F)c(F)c4F)cc3)(C(F)(F)F)C(F)(F)F)cc2)c1F.F. The van der Waals surface area contributed by atoms with E-state index in [1.165, 1.54) is 0 Å². The lowest BCUT2D eigenvalue weighted by atomic mass is 9.73. The average molecular weight is 1330 g/mol. The molecule has 0 aliphatic rings. The van der Waals surface area contributed by atoms with Crippen LogP contribution in [0.5, 0.6) is 46.0 Å². The lowest BCUT2D eigenvalue weighted by molar-refractivity contribution is -0.290. The number of ether oxygens (including phenoxy) is 4. The summed E-state index contributed by atoms with van der Waals surface area (Å²) in [6.45, 7) is 5.96. The number of hydrogen-bond acceptors (Lipinski definition) is 4. The largest absolute Gasteiger partial charge is 0.451 e. The molecule has 0 amide bonds. The van der Waals surface area contributed by atoms with Crippen molar-refractivity contribution in [3.05, 3.63) is 237 Å². The van der Waals surface area contributed by atoms with Gasteiger partial charge in [-0.2, -0.15) is 79.0 Å². The molecule has 8 aromatic carbocycles. The van der Waals surface area contributed by atoms with Crippen molar-refractivity contribution in [2.45, 2.75) is 35.5 Å². The van der Waals surface area contributed by atoms with Crippen molar-refractivity contribution >= 4 is 12.2 Å². The van der Waals surface area contributed by atoms with Gasteiger partial charge in [-0.1, -0.05) is 73.8 Å². The summed E-state index contributed by atoms with van der Waals surface area (Å²) < 4.78 is 437. The molecule has 0 heterocycles. The fourth-order valence-electron chi connectivity index (χ4n) is 9.16.